The SMILES string of the molecule is CCC(C)CN(CC)CCC(C)c1ccc(N)cc1. The van der Waals surface area contributed by atoms with Gasteiger partial charge in [-0.1, -0.05) is 46.2 Å². The Morgan fingerprint density at radius 2 is 1.74 bits per heavy atom. The standard InChI is InChI=1S/C17H30N2/c1-5-14(3)13-19(6-2)12-11-15(4)16-7-9-17(18)10-8-16/h7-10,14-15H,5-6,11-13,18H2,1-4H3. The van der Waals surface area contributed by atoms with E-state index < -0.39 is 0 Å². The van der Waals surface area contributed by atoms with Crippen molar-refractivity contribution >= 4 is 5.69 Å². The van der Waals surface area contributed by atoms with Gasteiger partial charge in [0.15, 0.2) is 0 Å². The fourth-order valence-electron chi connectivity index (χ4n) is 2.32. The highest BCUT2D eigenvalue weighted by Gasteiger charge is 2.10. The van der Waals surface area contributed by atoms with E-state index in [4.69, 9.17) is 5.73 Å². The summed E-state index contributed by atoms with van der Waals surface area (Å²) >= 11 is 0. The normalized spacial score (nSPS) is 14.6. The van der Waals surface area contributed by atoms with E-state index >= 15 is 0 Å². The molecule has 0 aromatic heterocycles. The van der Waals surface area contributed by atoms with Gasteiger partial charge in [0, 0.05) is 12.2 Å². The summed E-state index contributed by atoms with van der Waals surface area (Å²) in [5.74, 6) is 1.40. The highest BCUT2D eigenvalue weighted by Crippen LogP contribution is 2.20. The molecule has 2 nitrogen and oxygen atoms in total. The van der Waals surface area contributed by atoms with Crippen LogP contribution in [-0.4, -0.2) is 24.5 Å². The minimum Gasteiger partial charge on any atom is -0.399 e. The number of anilines is 1. The van der Waals surface area contributed by atoms with Gasteiger partial charge in [-0.3, -0.25) is 0 Å². The predicted molar refractivity (Wildman–Crippen MR) is 85.5 cm³/mol. The van der Waals surface area contributed by atoms with Crippen molar-refractivity contribution < 1.29 is 0 Å². The van der Waals surface area contributed by atoms with Crippen molar-refractivity contribution in [2.45, 2.75) is 46.5 Å². The highest BCUT2D eigenvalue weighted by molar-refractivity contribution is 5.40. The van der Waals surface area contributed by atoms with Gasteiger partial charge in [0.25, 0.3) is 0 Å². The molecule has 0 amide bonds. The van der Waals surface area contributed by atoms with Crippen molar-refractivity contribution in [3.63, 3.8) is 0 Å². The smallest absolute Gasteiger partial charge is 0.0314 e. The first kappa shape index (κ1) is 16.0. The van der Waals surface area contributed by atoms with Crippen molar-refractivity contribution in [1.82, 2.24) is 4.90 Å². The van der Waals surface area contributed by atoms with Crippen LogP contribution >= 0.6 is 0 Å². The molecular formula is C17H30N2. The van der Waals surface area contributed by atoms with Gasteiger partial charge in [0.2, 0.25) is 0 Å². The molecule has 0 heterocycles. The van der Waals surface area contributed by atoms with Gasteiger partial charge in [-0.05, 0) is 49.0 Å². The zero-order valence-corrected chi connectivity index (χ0v) is 13.0. The third kappa shape index (κ3) is 5.65. The molecule has 1 aromatic rings. The van der Waals surface area contributed by atoms with Gasteiger partial charge in [0.1, 0.15) is 0 Å². The fraction of sp³-hybridized carbons (Fsp3) is 0.647. The van der Waals surface area contributed by atoms with Gasteiger partial charge in [0.05, 0.1) is 0 Å². The van der Waals surface area contributed by atoms with Gasteiger partial charge in [-0.2, -0.15) is 0 Å². The zero-order valence-electron chi connectivity index (χ0n) is 13.0. The first-order valence-electron chi connectivity index (χ1n) is 7.64. The second kappa shape index (κ2) is 8.21. The summed E-state index contributed by atoms with van der Waals surface area (Å²) in [4.78, 5) is 2.57. The van der Waals surface area contributed by atoms with Crippen LogP contribution in [0.2, 0.25) is 0 Å². The topological polar surface area (TPSA) is 29.3 Å². The van der Waals surface area contributed by atoms with Crippen LogP contribution < -0.4 is 5.73 Å². The monoisotopic (exact) mass is 262 g/mol. The van der Waals surface area contributed by atoms with E-state index in [1.165, 1.54) is 31.5 Å². The molecule has 2 N–H and O–H groups in total. The summed E-state index contributed by atoms with van der Waals surface area (Å²) < 4.78 is 0. The van der Waals surface area contributed by atoms with E-state index in [1.54, 1.807) is 0 Å². The average Bonchev–Trinajstić information content (AvgIpc) is 2.43. The minimum absolute atomic E-state index is 0.603. The van der Waals surface area contributed by atoms with Crippen molar-refractivity contribution in [1.29, 1.82) is 0 Å². The lowest BCUT2D eigenvalue weighted by Gasteiger charge is -2.25. The first-order valence-corrected chi connectivity index (χ1v) is 7.64. The molecule has 1 aromatic carbocycles. The molecule has 0 fully saturated rings. The molecule has 1 rings (SSSR count). The Balaban J connectivity index is 2.43. The van der Waals surface area contributed by atoms with Crippen molar-refractivity contribution in [3.8, 4) is 0 Å². The summed E-state index contributed by atoms with van der Waals surface area (Å²) in [5, 5.41) is 0. The largest absolute Gasteiger partial charge is 0.399 e. The van der Waals surface area contributed by atoms with E-state index in [9.17, 15) is 0 Å². The van der Waals surface area contributed by atoms with Crippen LogP contribution in [0.1, 0.15) is 52.0 Å². The van der Waals surface area contributed by atoms with Crippen LogP contribution in [0.3, 0.4) is 0 Å². The Hall–Kier alpha value is -1.02. The molecule has 2 heteroatoms. The number of hydrogen-bond acceptors (Lipinski definition) is 2. The summed E-state index contributed by atoms with van der Waals surface area (Å²) in [5.41, 5.74) is 7.98. The first-order chi connectivity index (χ1) is 9.06. The van der Waals surface area contributed by atoms with Gasteiger partial charge in [-0.15, -0.1) is 0 Å². The number of nitrogen functional groups attached to an aromatic ring is 1. The zero-order chi connectivity index (χ0) is 14.3. The molecule has 2 unspecified atom stereocenters. The fourth-order valence-corrected chi connectivity index (χ4v) is 2.32. The third-order valence-electron chi connectivity index (χ3n) is 4.10. The van der Waals surface area contributed by atoms with Crippen LogP contribution in [0.25, 0.3) is 0 Å². The summed E-state index contributed by atoms with van der Waals surface area (Å²) in [6.45, 7) is 12.7. The number of benzene rings is 1. The Kier molecular flexibility index (Phi) is 6.93. The second-order valence-electron chi connectivity index (χ2n) is 5.76. The molecule has 0 aliphatic heterocycles. The molecule has 0 bridgehead atoms. The number of rotatable bonds is 8. The summed E-state index contributed by atoms with van der Waals surface area (Å²) in [6, 6.07) is 8.32. The summed E-state index contributed by atoms with van der Waals surface area (Å²) in [7, 11) is 0. The molecule has 0 saturated carbocycles. The van der Waals surface area contributed by atoms with Crippen LogP contribution in [-0.2, 0) is 0 Å². The molecule has 0 saturated heterocycles. The predicted octanol–water partition coefficient (Wildman–Crippen LogP) is 4.13. The Morgan fingerprint density at radius 3 is 2.26 bits per heavy atom. The van der Waals surface area contributed by atoms with Crippen molar-refractivity contribution in [2.24, 2.45) is 5.92 Å². The third-order valence-corrected chi connectivity index (χ3v) is 4.10. The highest BCUT2D eigenvalue weighted by atomic mass is 15.1. The quantitative estimate of drug-likeness (QED) is 0.714. The lowest BCUT2D eigenvalue weighted by atomic mass is 9.97. The van der Waals surface area contributed by atoms with Gasteiger partial charge in [-0.25, -0.2) is 0 Å². The van der Waals surface area contributed by atoms with Crippen LogP contribution in [0.4, 0.5) is 5.69 Å². The maximum absolute atomic E-state index is 5.73. The Labute approximate surface area is 119 Å². The molecule has 0 spiro atoms. The van der Waals surface area contributed by atoms with Crippen LogP contribution in [0.5, 0.6) is 0 Å². The van der Waals surface area contributed by atoms with Crippen LogP contribution in [0, 0.1) is 5.92 Å². The lowest BCUT2D eigenvalue weighted by molar-refractivity contribution is 0.238. The number of nitrogens with two attached hydrogens (primary N) is 1. The molecule has 2 atom stereocenters. The molecular weight excluding hydrogens is 232 g/mol. The average molecular weight is 262 g/mol. The molecule has 0 aliphatic carbocycles. The number of hydrogen-bond donors (Lipinski definition) is 1. The maximum atomic E-state index is 5.73. The van der Waals surface area contributed by atoms with Gasteiger partial charge < -0.3 is 10.6 Å². The second-order valence-corrected chi connectivity index (χ2v) is 5.76. The van der Waals surface area contributed by atoms with E-state index in [1.807, 2.05) is 12.1 Å². The Bertz CT molecular complexity index is 345. The summed E-state index contributed by atoms with van der Waals surface area (Å²) in [6.07, 6.45) is 2.48. The minimum atomic E-state index is 0.603. The molecule has 108 valence electrons. The number of nitrogens with zero attached hydrogens (tertiary/aromatic N) is 1. The van der Waals surface area contributed by atoms with E-state index in [0.717, 1.165) is 18.2 Å². The van der Waals surface area contributed by atoms with Crippen molar-refractivity contribution in [3.05, 3.63) is 29.8 Å². The van der Waals surface area contributed by atoms with Crippen molar-refractivity contribution in [2.75, 3.05) is 25.4 Å². The van der Waals surface area contributed by atoms with Gasteiger partial charge >= 0.3 is 0 Å². The molecule has 19 heavy (non-hydrogen) atoms. The Morgan fingerprint density at radius 1 is 1.11 bits per heavy atom. The van der Waals surface area contributed by atoms with E-state index in [-0.39, 0.29) is 0 Å². The maximum Gasteiger partial charge on any atom is 0.0314 e. The molecule has 0 aliphatic rings. The lowest BCUT2D eigenvalue weighted by Crippen LogP contribution is -2.30. The van der Waals surface area contributed by atoms with E-state index in [2.05, 4.69) is 44.7 Å². The van der Waals surface area contributed by atoms with Crippen LogP contribution in [0.15, 0.2) is 24.3 Å². The molecule has 0 radical (unpaired) electrons. The van der Waals surface area contributed by atoms with E-state index in [0.29, 0.717) is 5.92 Å².